The highest BCUT2D eigenvalue weighted by atomic mass is 16.5. The van der Waals surface area contributed by atoms with Crippen molar-refractivity contribution in [2.45, 2.75) is 19.3 Å². The lowest BCUT2D eigenvalue weighted by molar-refractivity contribution is -0.117. The lowest BCUT2D eigenvalue weighted by Gasteiger charge is -2.31. The van der Waals surface area contributed by atoms with Gasteiger partial charge in [0.2, 0.25) is 5.91 Å². The molecule has 2 heterocycles. The Balaban J connectivity index is 1.25. The number of piperidine rings is 1. The predicted molar refractivity (Wildman–Crippen MR) is 144 cm³/mol. The molecule has 1 fully saturated rings. The quantitative estimate of drug-likeness (QED) is 0.372. The van der Waals surface area contributed by atoms with E-state index in [9.17, 15) is 9.59 Å². The summed E-state index contributed by atoms with van der Waals surface area (Å²) in [6.07, 6.45) is 3.84. The summed E-state index contributed by atoms with van der Waals surface area (Å²) in [5.41, 5.74) is 3.83. The number of carbonyl (C=O) groups is 2. The molecule has 1 saturated heterocycles. The van der Waals surface area contributed by atoms with Crippen LogP contribution in [0.15, 0.2) is 91.1 Å². The van der Waals surface area contributed by atoms with Crippen LogP contribution >= 0.6 is 0 Å². The summed E-state index contributed by atoms with van der Waals surface area (Å²) >= 11 is 0. The number of rotatable bonds is 7. The number of aromatic nitrogens is 2. The van der Waals surface area contributed by atoms with Crippen molar-refractivity contribution in [1.29, 1.82) is 0 Å². The van der Waals surface area contributed by atoms with Gasteiger partial charge in [0.15, 0.2) is 0 Å². The van der Waals surface area contributed by atoms with Gasteiger partial charge in [-0.05, 0) is 55.2 Å². The number of ether oxygens (including phenoxy) is 1. The second kappa shape index (κ2) is 11.1. The molecule has 4 aromatic rings. The number of amides is 2. The lowest BCUT2D eigenvalue weighted by atomic mass is 9.92. The third-order valence-electron chi connectivity index (χ3n) is 6.76. The molecule has 0 atom stereocenters. The Labute approximate surface area is 216 Å². The van der Waals surface area contributed by atoms with Crippen molar-refractivity contribution in [3.8, 4) is 22.7 Å². The number of likely N-dealkylation sites (tertiary alicyclic amines) is 1. The molecule has 0 spiro atoms. The fraction of sp³-hybridized carbons (Fsp3) is 0.233. The van der Waals surface area contributed by atoms with E-state index in [-0.39, 0.29) is 17.7 Å². The molecule has 5 rings (SSSR count). The highest BCUT2D eigenvalue weighted by Gasteiger charge is 2.28. The zero-order valence-electron chi connectivity index (χ0n) is 20.8. The summed E-state index contributed by atoms with van der Waals surface area (Å²) in [6, 6.07) is 26.9. The van der Waals surface area contributed by atoms with Crippen molar-refractivity contribution >= 4 is 17.5 Å². The Morgan fingerprint density at radius 2 is 1.57 bits per heavy atom. The molecule has 7 nitrogen and oxygen atoms in total. The Hall–Kier alpha value is -4.39. The van der Waals surface area contributed by atoms with E-state index in [4.69, 9.17) is 9.84 Å². The van der Waals surface area contributed by atoms with Crippen LogP contribution in [0, 0.1) is 5.92 Å². The summed E-state index contributed by atoms with van der Waals surface area (Å²) < 4.78 is 6.93. The molecule has 1 N–H and O–H groups in total. The van der Waals surface area contributed by atoms with Gasteiger partial charge in [0, 0.05) is 37.0 Å². The summed E-state index contributed by atoms with van der Waals surface area (Å²) in [6.45, 7) is 1.23. The lowest BCUT2D eigenvalue weighted by Crippen LogP contribution is -2.39. The first-order valence-corrected chi connectivity index (χ1v) is 12.5. The van der Waals surface area contributed by atoms with E-state index < -0.39 is 0 Å². The maximum atomic E-state index is 13.6. The SMILES string of the molecule is COc1ccc(NC(=O)CC2CCN(C(=O)c3cn(-c4ccccc4)nc3-c3ccccc3)CC2)cc1. The molecule has 2 amide bonds. The highest BCUT2D eigenvalue weighted by Crippen LogP contribution is 2.28. The van der Waals surface area contributed by atoms with Gasteiger partial charge in [-0.25, -0.2) is 4.68 Å². The predicted octanol–water partition coefficient (Wildman–Crippen LogP) is 5.43. The van der Waals surface area contributed by atoms with Crippen molar-refractivity contribution in [1.82, 2.24) is 14.7 Å². The monoisotopic (exact) mass is 494 g/mol. The van der Waals surface area contributed by atoms with Crippen LogP contribution in [-0.4, -0.2) is 46.7 Å². The summed E-state index contributed by atoms with van der Waals surface area (Å²) in [5, 5.41) is 7.74. The molecular formula is C30H30N4O3. The smallest absolute Gasteiger partial charge is 0.257 e. The summed E-state index contributed by atoms with van der Waals surface area (Å²) in [4.78, 5) is 28.1. The maximum absolute atomic E-state index is 13.6. The van der Waals surface area contributed by atoms with E-state index >= 15 is 0 Å². The fourth-order valence-corrected chi connectivity index (χ4v) is 4.71. The molecule has 0 radical (unpaired) electrons. The normalized spacial score (nSPS) is 13.8. The van der Waals surface area contributed by atoms with Crippen LogP contribution in [0.5, 0.6) is 5.75 Å². The Morgan fingerprint density at radius 1 is 0.919 bits per heavy atom. The third kappa shape index (κ3) is 5.72. The van der Waals surface area contributed by atoms with Crippen LogP contribution in [0.4, 0.5) is 5.69 Å². The number of nitrogens with one attached hydrogen (secondary N) is 1. The number of para-hydroxylation sites is 1. The van der Waals surface area contributed by atoms with Crippen molar-refractivity contribution in [3.05, 3.63) is 96.7 Å². The van der Waals surface area contributed by atoms with Crippen molar-refractivity contribution in [3.63, 3.8) is 0 Å². The third-order valence-corrected chi connectivity index (χ3v) is 6.76. The number of hydrogen-bond donors (Lipinski definition) is 1. The second-order valence-corrected chi connectivity index (χ2v) is 9.25. The summed E-state index contributed by atoms with van der Waals surface area (Å²) in [5.74, 6) is 0.954. The van der Waals surface area contributed by atoms with Crippen molar-refractivity contribution < 1.29 is 14.3 Å². The van der Waals surface area contributed by atoms with E-state index in [0.29, 0.717) is 30.8 Å². The molecule has 1 aliphatic rings. The average Bonchev–Trinajstić information content (AvgIpc) is 3.40. The molecular weight excluding hydrogens is 464 g/mol. The molecule has 0 unspecified atom stereocenters. The van der Waals surface area contributed by atoms with Gasteiger partial charge in [0.25, 0.3) is 5.91 Å². The van der Waals surface area contributed by atoms with Gasteiger partial charge in [-0.2, -0.15) is 5.10 Å². The zero-order chi connectivity index (χ0) is 25.6. The molecule has 1 aromatic heterocycles. The maximum Gasteiger partial charge on any atom is 0.257 e. The van der Waals surface area contributed by atoms with Crippen LogP contribution in [0.25, 0.3) is 16.9 Å². The summed E-state index contributed by atoms with van der Waals surface area (Å²) in [7, 11) is 1.61. The van der Waals surface area contributed by atoms with E-state index in [0.717, 1.165) is 35.5 Å². The molecule has 0 aliphatic carbocycles. The first-order chi connectivity index (χ1) is 18.1. The van der Waals surface area contributed by atoms with E-state index in [1.54, 1.807) is 11.8 Å². The molecule has 7 heteroatoms. The first kappa shape index (κ1) is 24.3. The Kier molecular flexibility index (Phi) is 7.31. The van der Waals surface area contributed by atoms with Gasteiger partial charge >= 0.3 is 0 Å². The molecule has 0 saturated carbocycles. The van der Waals surface area contributed by atoms with Gasteiger partial charge in [0.1, 0.15) is 11.4 Å². The molecule has 188 valence electrons. The highest BCUT2D eigenvalue weighted by molar-refractivity contribution is 6.00. The molecule has 0 bridgehead atoms. The van der Waals surface area contributed by atoms with Crippen LogP contribution in [-0.2, 0) is 4.79 Å². The molecule has 37 heavy (non-hydrogen) atoms. The van der Waals surface area contributed by atoms with Crippen LogP contribution < -0.4 is 10.1 Å². The van der Waals surface area contributed by atoms with Crippen molar-refractivity contribution in [2.75, 3.05) is 25.5 Å². The average molecular weight is 495 g/mol. The molecule has 3 aromatic carbocycles. The number of benzene rings is 3. The van der Waals surface area contributed by atoms with E-state index in [1.807, 2.05) is 96.0 Å². The number of hydrogen-bond acceptors (Lipinski definition) is 4. The fourth-order valence-electron chi connectivity index (χ4n) is 4.71. The number of carbonyl (C=O) groups excluding carboxylic acids is 2. The minimum Gasteiger partial charge on any atom is -0.497 e. The van der Waals surface area contributed by atoms with E-state index in [1.165, 1.54) is 0 Å². The standard InChI is InChI=1S/C30H30N4O3/c1-37-26-14-12-24(13-15-26)31-28(35)20-22-16-18-33(19-17-22)30(36)27-21-34(25-10-6-3-7-11-25)32-29(27)23-8-4-2-5-9-23/h2-15,21-22H,16-20H2,1H3,(H,31,35). The van der Waals surface area contributed by atoms with Gasteiger partial charge in [-0.3, -0.25) is 9.59 Å². The minimum atomic E-state index is -0.0258. The zero-order valence-corrected chi connectivity index (χ0v) is 20.8. The minimum absolute atomic E-state index is 0.00885. The first-order valence-electron chi connectivity index (χ1n) is 12.5. The largest absolute Gasteiger partial charge is 0.497 e. The van der Waals surface area contributed by atoms with Gasteiger partial charge < -0.3 is 15.0 Å². The van der Waals surface area contributed by atoms with Crippen LogP contribution in [0.3, 0.4) is 0 Å². The number of methoxy groups -OCH3 is 1. The number of anilines is 1. The van der Waals surface area contributed by atoms with Gasteiger partial charge in [-0.15, -0.1) is 0 Å². The van der Waals surface area contributed by atoms with Crippen LogP contribution in [0.2, 0.25) is 0 Å². The van der Waals surface area contributed by atoms with Gasteiger partial charge in [-0.1, -0.05) is 48.5 Å². The Bertz CT molecular complexity index is 1340. The molecule has 1 aliphatic heterocycles. The van der Waals surface area contributed by atoms with Gasteiger partial charge in [0.05, 0.1) is 18.4 Å². The topological polar surface area (TPSA) is 76.5 Å². The Morgan fingerprint density at radius 3 is 2.22 bits per heavy atom. The van der Waals surface area contributed by atoms with Crippen molar-refractivity contribution in [2.24, 2.45) is 5.92 Å². The van der Waals surface area contributed by atoms with E-state index in [2.05, 4.69) is 5.32 Å². The van der Waals surface area contributed by atoms with Crippen LogP contribution in [0.1, 0.15) is 29.6 Å². The number of nitrogens with zero attached hydrogens (tertiary/aromatic N) is 3. The second-order valence-electron chi connectivity index (χ2n) is 9.25.